The summed E-state index contributed by atoms with van der Waals surface area (Å²) in [5, 5.41) is 11.4. The molecule has 100 valence electrons. The second-order valence-electron chi connectivity index (χ2n) is 4.40. The van der Waals surface area contributed by atoms with E-state index in [1.807, 2.05) is 30.3 Å². The van der Waals surface area contributed by atoms with Crippen LogP contribution in [0.2, 0.25) is 0 Å². The van der Waals surface area contributed by atoms with Gasteiger partial charge in [0.25, 0.3) is 0 Å². The fourth-order valence-corrected chi connectivity index (χ4v) is 1.67. The molecule has 0 radical (unpaired) electrons. The minimum atomic E-state index is 0.635. The summed E-state index contributed by atoms with van der Waals surface area (Å²) in [6.07, 6.45) is 4.20. The molecule has 0 aromatic heterocycles. The molecule has 0 fully saturated rings. The number of hydrogen-bond acceptors (Lipinski definition) is 2. The van der Waals surface area contributed by atoms with Crippen molar-refractivity contribution in [2.24, 2.45) is 4.99 Å². The van der Waals surface area contributed by atoms with E-state index >= 15 is 0 Å². The van der Waals surface area contributed by atoms with Gasteiger partial charge in [-0.1, -0.05) is 57.0 Å². The molecule has 0 atom stereocenters. The van der Waals surface area contributed by atoms with Crippen molar-refractivity contribution in [3.05, 3.63) is 35.9 Å². The van der Waals surface area contributed by atoms with Gasteiger partial charge in [-0.25, -0.2) is 5.06 Å². The van der Waals surface area contributed by atoms with Gasteiger partial charge in [-0.3, -0.25) is 10.2 Å². The minimum absolute atomic E-state index is 0.635. The zero-order chi connectivity index (χ0) is 13.2. The summed E-state index contributed by atoms with van der Waals surface area (Å²) in [4.78, 5) is 4.53. The maximum Gasteiger partial charge on any atom is 0.154 e. The molecule has 0 aliphatic heterocycles. The lowest BCUT2D eigenvalue weighted by atomic mass is 10.2. The first-order valence-corrected chi connectivity index (χ1v) is 6.85. The summed E-state index contributed by atoms with van der Waals surface area (Å²) in [5.41, 5.74) is 0.979. The molecule has 0 heterocycles. The fourth-order valence-electron chi connectivity index (χ4n) is 1.67. The molecule has 0 spiro atoms. The molecule has 3 nitrogen and oxygen atoms in total. The summed E-state index contributed by atoms with van der Waals surface area (Å²) in [6, 6.07) is 9.89. The van der Waals surface area contributed by atoms with Gasteiger partial charge >= 0.3 is 0 Å². The van der Waals surface area contributed by atoms with Crippen molar-refractivity contribution in [1.29, 1.82) is 0 Å². The van der Waals surface area contributed by atoms with Crippen LogP contribution in [0.1, 0.15) is 45.1 Å². The normalized spacial score (nSPS) is 11.6. The van der Waals surface area contributed by atoms with E-state index in [-0.39, 0.29) is 0 Å². The second-order valence-corrected chi connectivity index (χ2v) is 4.40. The Hall–Kier alpha value is -1.35. The van der Waals surface area contributed by atoms with Gasteiger partial charge in [-0.15, -0.1) is 0 Å². The smallest absolute Gasteiger partial charge is 0.154 e. The van der Waals surface area contributed by atoms with Crippen molar-refractivity contribution in [3.63, 3.8) is 0 Å². The topological polar surface area (TPSA) is 35.8 Å². The molecule has 0 bridgehead atoms. The Bertz CT molecular complexity index is 349. The van der Waals surface area contributed by atoms with E-state index < -0.39 is 0 Å². The van der Waals surface area contributed by atoms with Crippen LogP contribution in [0.15, 0.2) is 35.3 Å². The van der Waals surface area contributed by atoms with Crippen LogP contribution in [0.25, 0.3) is 0 Å². The summed E-state index contributed by atoms with van der Waals surface area (Å²) in [5.74, 6) is 0.692. The molecular weight excluding hydrogens is 224 g/mol. The highest BCUT2D eigenvalue weighted by Gasteiger charge is 2.10. The van der Waals surface area contributed by atoms with Crippen molar-refractivity contribution in [3.8, 4) is 0 Å². The third-order valence-corrected chi connectivity index (χ3v) is 2.77. The summed E-state index contributed by atoms with van der Waals surface area (Å²) >= 11 is 0. The highest BCUT2D eigenvalue weighted by molar-refractivity contribution is 5.97. The molecule has 0 aliphatic rings. The van der Waals surface area contributed by atoms with Gasteiger partial charge in [0, 0.05) is 18.7 Å². The van der Waals surface area contributed by atoms with Gasteiger partial charge in [0.15, 0.2) is 5.84 Å². The molecule has 1 N–H and O–H groups in total. The highest BCUT2D eigenvalue weighted by atomic mass is 16.5. The largest absolute Gasteiger partial charge is 0.287 e. The first kappa shape index (κ1) is 14.7. The standard InChI is InChI=1S/C15H24N2O/c1-3-5-12-16-15(17(18)13-6-4-2)14-10-8-7-9-11-14/h7-11,18H,3-6,12-13H2,1-2H3. The van der Waals surface area contributed by atoms with Gasteiger partial charge in [0.1, 0.15) is 0 Å². The third-order valence-electron chi connectivity index (χ3n) is 2.77. The molecule has 0 amide bonds. The van der Waals surface area contributed by atoms with Gasteiger partial charge < -0.3 is 0 Å². The van der Waals surface area contributed by atoms with Crippen LogP contribution in [-0.4, -0.2) is 29.2 Å². The molecule has 3 heteroatoms. The molecule has 18 heavy (non-hydrogen) atoms. The average Bonchev–Trinajstić information content (AvgIpc) is 2.42. The van der Waals surface area contributed by atoms with E-state index in [0.29, 0.717) is 12.4 Å². The van der Waals surface area contributed by atoms with E-state index in [2.05, 4.69) is 18.8 Å². The van der Waals surface area contributed by atoms with Crippen molar-refractivity contribution in [1.82, 2.24) is 5.06 Å². The van der Waals surface area contributed by atoms with E-state index in [1.54, 1.807) is 0 Å². The Morgan fingerprint density at radius 1 is 1.11 bits per heavy atom. The average molecular weight is 248 g/mol. The fraction of sp³-hybridized carbons (Fsp3) is 0.533. The summed E-state index contributed by atoms with van der Waals surface area (Å²) in [7, 11) is 0. The van der Waals surface area contributed by atoms with Crippen LogP contribution >= 0.6 is 0 Å². The Labute approximate surface area is 110 Å². The third kappa shape index (κ3) is 4.88. The number of nitrogens with zero attached hydrogens (tertiary/aromatic N) is 2. The summed E-state index contributed by atoms with van der Waals surface area (Å²) < 4.78 is 0. The van der Waals surface area contributed by atoms with Crippen molar-refractivity contribution in [2.75, 3.05) is 13.1 Å². The van der Waals surface area contributed by atoms with Gasteiger partial charge in [-0.2, -0.15) is 0 Å². The van der Waals surface area contributed by atoms with Gasteiger partial charge in [0.2, 0.25) is 0 Å². The molecule has 0 unspecified atom stereocenters. The number of benzene rings is 1. The first-order valence-electron chi connectivity index (χ1n) is 6.85. The zero-order valence-electron chi connectivity index (χ0n) is 11.5. The minimum Gasteiger partial charge on any atom is -0.287 e. The van der Waals surface area contributed by atoms with Gasteiger partial charge in [-0.05, 0) is 12.8 Å². The molecule has 1 rings (SSSR count). The van der Waals surface area contributed by atoms with Crippen molar-refractivity contribution in [2.45, 2.75) is 39.5 Å². The predicted molar refractivity (Wildman–Crippen MR) is 76.2 cm³/mol. The van der Waals surface area contributed by atoms with Crippen LogP contribution in [0, 0.1) is 0 Å². The Morgan fingerprint density at radius 2 is 1.78 bits per heavy atom. The Balaban J connectivity index is 2.78. The van der Waals surface area contributed by atoms with Gasteiger partial charge in [0.05, 0.1) is 0 Å². The molecule has 0 saturated heterocycles. The quantitative estimate of drug-likeness (QED) is 0.345. The highest BCUT2D eigenvalue weighted by Crippen LogP contribution is 2.06. The van der Waals surface area contributed by atoms with E-state index in [9.17, 15) is 5.21 Å². The second kappa shape index (κ2) is 8.70. The number of hydroxylamine groups is 2. The first-order chi connectivity index (χ1) is 8.79. The van der Waals surface area contributed by atoms with Crippen LogP contribution in [0.5, 0.6) is 0 Å². The number of aliphatic imine (C=N–C) groups is 1. The van der Waals surface area contributed by atoms with Crippen molar-refractivity contribution >= 4 is 5.84 Å². The monoisotopic (exact) mass is 248 g/mol. The number of unbranched alkanes of at least 4 members (excludes halogenated alkanes) is 2. The van der Waals surface area contributed by atoms with E-state index in [1.165, 1.54) is 5.06 Å². The summed E-state index contributed by atoms with van der Waals surface area (Å²) in [6.45, 7) is 5.66. The van der Waals surface area contributed by atoms with E-state index in [0.717, 1.165) is 37.8 Å². The zero-order valence-corrected chi connectivity index (χ0v) is 11.5. The lowest BCUT2D eigenvalue weighted by Crippen LogP contribution is -2.29. The maximum absolute atomic E-state index is 10.1. The molecule has 1 aromatic carbocycles. The molecular formula is C15H24N2O. The number of amidine groups is 1. The van der Waals surface area contributed by atoms with Crippen LogP contribution in [-0.2, 0) is 0 Å². The van der Waals surface area contributed by atoms with Crippen LogP contribution < -0.4 is 0 Å². The molecule has 0 aliphatic carbocycles. The SMILES string of the molecule is CCCCN=C(c1ccccc1)N(O)CCCC. The molecule has 1 aromatic rings. The van der Waals surface area contributed by atoms with Crippen molar-refractivity contribution < 1.29 is 5.21 Å². The maximum atomic E-state index is 10.1. The lowest BCUT2D eigenvalue weighted by Gasteiger charge is -2.19. The number of hydrogen-bond donors (Lipinski definition) is 1. The Kier molecular flexibility index (Phi) is 7.11. The molecule has 0 saturated carbocycles. The van der Waals surface area contributed by atoms with Crippen LogP contribution in [0.4, 0.5) is 0 Å². The Morgan fingerprint density at radius 3 is 2.39 bits per heavy atom. The number of rotatable bonds is 7. The van der Waals surface area contributed by atoms with Crippen LogP contribution in [0.3, 0.4) is 0 Å². The predicted octanol–water partition coefficient (Wildman–Crippen LogP) is 3.72. The lowest BCUT2D eigenvalue weighted by molar-refractivity contribution is -0.0150. The van der Waals surface area contributed by atoms with E-state index in [4.69, 9.17) is 0 Å².